The first-order chi connectivity index (χ1) is 9.40. The van der Waals surface area contributed by atoms with Crippen LogP contribution < -0.4 is 5.73 Å². The number of nitrogens with two attached hydrogens (primary N) is 1. The molecule has 0 saturated heterocycles. The van der Waals surface area contributed by atoms with Crippen LogP contribution in [-0.2, 0) is 0 Å². The molecule has 2 rings (SSSR count). The highest BCUT2D eigenvalue weighted by Crippen LogP contribution is 2.21. The second kappa shape index (κ2) is 4.76. The Morgan fingerprint density at radius 1 is 1.35 bits per heavy atom. The second-order valence-electron chi connectivity index (χ2n) is 3.67. The van der Waals surface area contributed by atoms with Gasteiger partial charge in [-0.1, -0.05) is 0 Å². The molecule has 0 bridgehead atoms. The number of hydrogen-bond acceptors (Lipinski definition) is 6. The van der Waals surface area contributed by atoms with Crippen LogP contribution in [0.25, 0.3) is 5.82 Å². The molecule has 0 radical (unpaired) electrons. The molecule has 2 aromatic heterocycles. The molecule has 102 valence electrons. The summed E-state index contributed by atoms with van der Waals surface area (Å²) in [4.78, 5) is 35.6. The van der Waals surface area contributed by atoms with Gasteiger partial charge in [-0.25, -0.2) is 14.5 Å². The molecule has 10 nitrogen and oxygen atoms in total. The minimum absolute atomic E-state index is 0.0448. The molecule has 1 amide bonds. The average molecular weight is 277 g/mol. The molecule has 0 fully saturated rings. The Morgan fingerprint density at radius 2 is 2.05 bits per heavy atom. The summed E-state index contributed by atoms with van der Waals surface area (Å²) in [7, 11) is 0. The van der Waals surface area contributed by atoms with Crippen molar-refractivity contribution in [1.29, 1.82) is 0 Å². The zero-order chi connectivity index (χ0) is 14.9. The van der Waals surface area contributed by atoms with Crippen molar-refractivity contribution in [2.45, 2.75) is 0 Å². The van der Waals surface area contributed by atoms with Crippen LogP contribution in [0.5, 0.6) is 0 Å². The summed E-state index contributed by atoms with van der Waals surface area (Å²) in [5.74, 6) is -2.31. The van der Waals surface area contributed by atoms with E-state index in [0.717, 1.165) is 29.3 Å². The maximum absolute atomic E-state index is 11.0. The van der Waals surface area contributed by atoms with E-state index in [1.807, 2.05) is 0 Å². The van der Waals surface area contributed by atoms with Gasteiger partial charge in [-0.05, 0) is 0 Å². The third-order valence-electron chi connectivity index (χ3n) is 2.38. The number of carboxylic acid groups (broad SMARTS) is 1. The fourth-order valence-corrected chi connectivity index (χ4v) is 1.44. The fourth-order valence-electron chi connectivity index (χ4n) is 1.44. The molecule has 0 spiro atoms. The lowest BCUT2D eigenvalue weighted by Crippen LogP contribution is -2.10. The average Bonchev–Trinajstić information content (AvgIpc) is 2.87. The maximum atomic E-state index is 11.0. The summed E-state index contributed by atoms with van der Waals surface area (Å²) in [6, 6.07) is 0.857. The molecule has 2 aromatic rings. The normalized spacial score (nSPS) is 10.2. The molecule has 3 N–H and O–H groups in total. The van der Waals surface area contributed by atoms with Crippen LogP contribution in [0.3, 0.4) is 0 Å². The molecule has 2 heterocycles. The van der Waals surface area contributed by atoms with Crippen molar-refractivity contribution in [2.75, 3.05) is 0 Å². The van der Waals surface area contributed by atoms with Gasteiger partial charge < -0.3 is 10.8 Å². The first kappa shape index (κ1) is 13.1. The highest BCUT2D eigenvalue weighted by atomic mass is 16.6. The zero-order valence-electron chi connectivity index (χ0n) is 9.76. The largest absolute Gasteiger partial charge is 0.478 e. The molecular formula is C10H7N5O5. The standard InChI is InChI=1S/C10H7N5O5/c11-8(16)6-3-13-14(4-6)9-7(15(19)20)1-5(2-12-9)10(17)18/h1-4H,(H2,11,16)(H,17,18). The van der Waals surface area contributed by atoms with Crippen molar-refractivity contribution < 1.29 is 19.6 Å². The number of nitrogens with zero attached hydrogens (tertiary/aromatic N) is 4. The number of aromatic nitrogens is 3. The van der Waals surface area contributed by atoms with Crippen molar-refractivity contribution in [3.63, 3.8) is 0 Å². The summed E-state index contributed by atoms with van der Waals surface area (Å²) in [5.41, 5.74) is 4.20. The monoisotopic (exact) mass is 277 g/mol. The van der Waals surface area contributed by atoms with Gasteiger partial charge in [0.15, 0.2) is 0 Å². The zero-order valence-corrected chi connectivity index (χ0v) is 9.76. The lowest BCUT2D eigenvalue weighted by molar-refractivity contribution is -0.385. The first-order valence-corrected chi connectivity index (χ1v) is 5.12. The molecule has 0 aliphatic heterocycles. The molecule has 0 aliphatic carbocycles. The van der Waals surface area contributed by atoms with Crippen LogP contribution in [0.2, 0.25) is 0 Å². The van der Waals surface area contributed by atoms with Gasteiger partial charge in [-0.15, -0.1) is 0 Å². The van der Waals surface area contributed by atoms with E-state index in [9.17, 15) is 19.7 Å². The highest BCUT2D eigenvalue weighted by molar-refractivity contribution is 5.92. The van der Waals surface area contributed by atoms with E-state index in [4.69, 9.17) is 10.8 Å². The summed E-state index contributed by atoms with van der Waals surface area (Å²) in [5, 5.41) is 23.5. The summed E-state index contributed by atoms with van der Waals surface area (Å²) in [6.45, 7) is 0. The number of rotatable bonds is 4. The van der Waals surface area contributed by atoms with E-state index >= 15 is 0 Å². The van der Waals surface area contributed by atoms with Crippen LogP contribution in [0.15, 0.2) is 24.7 Å². The van der Waals surface area contributed by atoms with Gasteiger partial charge >= 0.3 is 11.7 Å². The Balaban J connectivity index is 2.57. The van der Waals surface area contributed by atoms with E-state index < -0.39 is 22.5 Å². The van der Waals surface area contributed by atoms with Crippen LogP contribution >= 0.6 is 0 Å². The van der Waals surface area contributed by atoms with E-state index in [2.05, 4.69) is 10.1 Å². The number of nitro groups is 1. The van der Waals surface area contributed by atoms with Crippen LogP contribution in [-0.4, -0.2) is 36.7 Å². The number of amides is 1. The van der Waals surface area contributed by atoms with Gasteiger partial charge in [0.1, 0.15) is 0 Å². The van der Waals surface area contributed by atoms with Crippen molar-refractivity contribution in [3.05, 3.63) is 45.9 Å². The number of primary amides is 1. The molecule has 0 atom stereocenters. The van der Waals surface area contributed by atoms with Crippen LogP contribution in [0, 0.1) is 10.1 Å². The molecule has 0 aromatic carbocycles. The Morgan fingerprint density at radius 3 is 2.55 bits per heavy atom. The van der Waals surface area contributed by atoms with Gasteiger partial charge in [0.2, 0.25) is 5.82 Å². The van der Waals surface area contributed by atoms with Gasteiger partial charge in [-0.2, -0.15) is 5.10 Å². The molecule has 0 saturated carbocycles. The van der Waals surface area contributed by atoms with Crippen molar-refractivity contribution in [1.82, 2.24) is 14.8 Å². The number of carboxylic acids is 1. The summed E-state index contributed by atoms with van der Waals surface area (Å²) < 4.78 is 0.976. The first-order valence-electron chi connectivity index (χ1n) is 5.12. The van der Waals surface area contributed by atoms with Crippen molar-refractivity contribution >= 4 is 17.6 Å². The molecular weight excluding hydrogens is 270 g/mol. The Labute approximate surface area is 110 Å². The van der Waals surface area contributed by atoms with Crippen LogP contribution in [0.4, 0.5) is 5.69 Å². The number of carbonyl (C=O) groups is 2. The number of pyridine rings is 1. The number of carbonyl (C=O) groups excluding carboxylic acids is 1. The maximum Gasteiger partial charge on any atom is 0.337 e. The van der Waals surface area contributed by atoms with Gasteiger partial charge in [0.25, 0.3) is 5.91 Å². The number of hydrogen-bond donors (Lipinski definition) is 2. The van der Waals surface area contributed by atoms with Gasteiger partial charge in [0.05, 0.1) is 22.2 Å². The molecule has 10 heteroatoms. The molecule has 0 aliphatic rings. The van der Waals surface area contributed by atoms with E-state index in [0.29, 0.717) is 0 Å². The SMILES string of the molecule is NC(=O)c1cnn(-c2ncc(C(=O)O)cc2[N+](=O)[O-])c1. The third-order valence-corrected chi connectivity index (χ3v) is 2.38. The minimum Gasteiger partial charge on any atom is -0.478 e. The quantitative estimate of drug-likeness (QED) is 0.587. The van der Waals surface area contributed by atoms with Gasteiger partial charge in [-0.3, -0.25) is 14.9 Å². The van der Waals surface area contributed by atoms with Gasteiger partial charge in [0, 0.05) is 18.5 Å². The Bertz CT molecular complexity index is 723. The Kier molecular flexibility index (Phi) is 3.13. The highest BCUT2D eigenvalue weighted by Gasteiger charge is 2.21. The lowest BCUT2D eigenvalue weighted by Gasteiger charge is -2.02. The molecule has 20 heavy (non-hydrogen) atoms. The van der Waals surface area contributed by atoms with Crippen LogP contribution in [0.1, 0.15) is 20.7 Å². The fraction of sp³-hybridized carbons (Fsp3) is 0. The molecule has 0 unspecified atom stereocenters. The Hall–Kier alpha value is -3.30. The predicted molar refractivity (Wildman–Crippen MR) is 63.5 cm³/mol. The lowest BCUT2D eigenvalue weighted by atomic mass is 10.2. The number of aromatic carboxylic acids is 1. The minimum atomic E-state index is -1.34. The third kappa shape index (κ3) is 2.29. The van der Waals surface area contributed by atoms with E-state index in [-0.39, 0.29) is 16.9 Å². The van der Waals surface area contributed by atoms with E-state index in [1.165, 1.54) is 0 Å². The van der Waals surface area contributed by atoms with E-state index in [1.54, 1.807) is 0 Å². The summed E-state index contributed by atoms with van der Waals surface area (Å²) in [6.07, 6.45) is 3.24. The van der Waals surface area contributed by atoms with Crippen molar-refractivity contribution in [3.8, 4) is 5.82 Å². The summed E-state index contributed by atoms with van der Waals surface area (Å²) >= 11 is 0. The second-order valence-corrected chi connectivity index (χ2v) is 3.67. The smallest absolute Gasteiger partial charge is 0.337 e. The van der Waals surface area contributed by atoms with Crippen molar-refractivity contribution in [2.24, 2.45) is 5.73 Å². The predicted octanol–water partition coefficient (Wildman–Crippen LogP) is -0.0274. The topological polar surface area (TPSA) is 154 Å².